The van der Waals surface area contributed by atoms with Gasteiger partial charge in [0.25, 0.3) is 0 Å². The average molecular weight is 371 g/mol. The lowest BCUT2D eigenvalue weighted by atomic mass is 10.1. The maximum absolute atomic E-state index is 13.6. The van der Waals surface area contributed by atoms with E-state index in [0.29, 0.717) is 23.0 Å². The van der Waals surface area contributed by atoms with Crippen LogP contribution >= 0.6 is 27.3 Å². The Labute approximate surface area is 135 Å². The normalized spacial score (nSPS) is 10.6. The molecule has 0 spiro atoms. The fraction of sp³-hybridized carbons (Fsp3) is 0.333. The molecule has 1 aromatic carbocycles. The van der Waals surface area contributed by atoms with Crippen molar-refractivity contribution in [3.05, 3.63) is 50.1 Å². The van der Waals surface area contributed by atoms with Crippen molar-refractivity contribution in [2.75, 3.05) is 6.54 Å². The van der Waals surface area contributed by atoms with Crippen LogP contribution in [0.3, 0.4) is 0 Å². The van der Waals surface area contributed by atoms with Crippen LogP contribution < -0.4 is 5.32 Å². The Bertz CT molecular complexity index is 630. The number of rotatable bonds is 6. The van der Waals surface area contributed by atoms with Crippen LogP contribution in [0.5, 0.6) is 0 Å². The molecular weight excluding hydrogens is 355 g/mol. The number of hydrogen-bond acceptors (Lipinski definition) is 3. The summed E-state index contributed by atoms with van der Waals surface area (Å²) in [7, 11) is 0. The fourth-order valence-corrected chi connectivity index (χ4v) is 3.00. The first-order valence-electron chi connectivity index (χ1n) is 6.66. The number of halogens is 2. The predicted octanol–water partition coefficient (Wildman–Crippen LogP) is 3.64. The van der Waals surface area contributed by atoms with Gasteiger partial charge in [-0.25, -0.2) is 9.37 Å². The monoisotopic (exact) mass is 370 g/mol. The molecule has 1 amide bonds. The van der Waals surface area contributed by atoms with E-state index in [1.54, 1.807) is 23.5 Å². The SMILES string of the molecule is Cc1csc(CCNC(=O)CCc2ccc(Br)cc2F)n1. The second-order valence-corrected chi connectivity index (χ2v) is 6.58. The van der Waals surface area contributed by atoms with Crippen molar-refractivity contribution < 1.29 is 9.18 Å². The molecule has 6 heteroatoms. The average Bonchev–Trinajstić information content (AvgIpc) is 2.83. The molecule has 0 aliphatic carbocycles. The number of amides is 1. The first-order valence-corrected chi connectivity index (χ1v) is 8.33. The number of benzene rings is 1. The minimum atomic E-state index is -0.282. The summed E-state index contributed by atoms with van der Waals surface area (Å²) in [6.45, 7) is 2.51. The first kappa shape index (κ1) is 16.1. The van der Waals surface area contributed by atoms with Crippen molar-refractivity contribution in [2.45, 2.75) is 26.2 Å². The van der Waals surface area contributed by atoms with E-state index in [2.05, 4.69) is 26.2 Å². The van der Waals surface area contributed by atoms with E-state index in [1.165, 1.54) is 6.07 Å². The van der Waals surface area contributed by atoms with E-state index < -0.39 is 0 Å². The summed E-state index contributed by atoms with van der Waals surface area (Å²) >= 11 is 4.81. The fourth-order valence-electron chi connectivity index (χ4n) is 1.89. The van der Waals surface area contributed by atoms with Crippen LogP contribution in [-0.2, 0) is 17.6 Å². The number of carbonyl (C=O) groups is 1. The predicted molar refractivity (Wildman–Crippen MR) is 86.0 cm³/mol. The molecular formula is C15H16BrFN2OS. The van der Waals surface area contributed by atoms with Crippen molar-refractivity contribution in [1.82, 2.24) is 10.3 Å². The number of aromatic nitrogens is 1. The third-order valence-corrected chi connectivity index (χ3v) is 4.48. The molecule has 0 saturated carbocycles. The Morgan fingerprint density at radius 2 is 2.24 bits per heavy atom. The molecule has 0 aliphatic rings. The van der Waals surface area contributed by atoms with Gasteiger partial charge < -0.3 is 5.32 Å². The molecule has 0 saturated heterocycles. The Morgan fingerprint density at radius 1 is 1.43 bits per heavy atom. The number of aryl methyl sites for hydroxylation is 2. The zero-order valence-electron chi connectivity index (χ0n) is 11.7. The zero-order valence-corrected chi connectivity index (χ0v) is 14.1. The van der Waals surface area contributed by atoms with Crippen LogP contribution in [0.25, 0.3) is 0 Å². The van der Waals surface area contributed by atoms with Crippen molar-refractivity contribution >= 4 is 33.2 Å². The van der Waals surface area contributed by atoms with Gasteiger partial charge in [-0.1, -0.05) is 22.0 Å². The first-order chi connectivity index (χ1) is 10.0. The van der Waals surface area contributed by atoms with Gasteiger partial charge in [0.1, 0.15) is 5.82 Å². The van der Waals surface area contributed by atoms with Crippen LogP contribution in [0.15, 0.2) is 28.1 Å². The minimum absolute atomic E-state index is 0.0643. The van der Waals surface area contributed by atoms with E-state index in [4.69, 9.17) is 0 Å². The summed E-state index contributed by atoms with van der Waals surface area (Å²) in [5.41, 5.74) is 1.57. The maximum atomic E-state index is 13.6. The van der Waals surface area contributed by atoms with Gasteiger partial charge in [0, 0.05) is 34.9 Å². The summed E-state index contributed by atoms with van der Waals surface area (Å²) < 4.78 is 14.3. The molecule has 1 aromatic heterocycles. The smallest absolute Gasteiger partial charge is 0.220 e. The number of carbonyl (C=O) groups excluding carboxylic acids is 1. The van der Waals surface area contributed by atoms with Gasteiger partial charge in [0.05, 0.1) is 5.01 Å². The lowest BCUT2D eigenvalue weighted by molar-refractivity contribution is -0.121. The summed E-state index contributed by atoms with van der Waals surface area (Å²) in [5.74, 6) is -0.346. The largest absolute Gasteiger partial charge is 0.356 e. The van der Waals surface area contributed by atoms with E-state index >= 15 is 0 Å². The Hall–Kier alpha value is -1.27. The highest BCUT2D eigenvalue weighted by Gasteiger charge is 2.07. The van der Waals surface area contributed by atoms with Gasteiger partial charge in [-0.2, -0.15) is 0 Å². The highest BCUT2D eigenvalue weighted by Crippen LogP contribution is 2.16. The van der Waals surface area contributed by atoms with Gasteiger partial charge in [-0.05, 0) is 31.0 Å². The number of hydrogen-bond donors (Lipinski definition) is 1. The molecule has 2 aromatic rings. The molecule has 3 nitrogen and oxygen atoms in total. The van der Waals surface area contributed by atoms with Crippen LogP contribution in [0.1, 0.15) is 22.7 Å². The van der Waals surface area contributed by atoms with E-state index in [1.807, 2.05) is 12.3 Å². The second kappa shape index (κ2) is 7.66. The topological polar surface area (TPSA) is 42.0 Å². The van der Waals surface area contributed by atoms with Crippen LogP contribution in [-0.4, -0.2) is 17.4 Å². The van der Waals surface area contributed by atoms with Crippen molar-refractivity contribution in [2.24, 2.45) is 0 Å². The maximum Gasteiger partial charge on any atom is 0.220 e. The van der Waals surface area contributed by atoms with Crippen LogP contribution in [0, 0.1) is 12.7 Å². The standard InChI is InChI=1S/C15H16BrFN2OS/c1-10-9-21-15(19-10)6-7-18-14(20)5-3-11-2-4-12(16)8-13(11)17/h2,4,8-9H,3,5-7H2,1H3,(H,18,20). The molecule has 1 heterocycles. The molecule has 0 radical (unpaired) electrons. The summed E-state index contributed by atoms with van der Waals surface area (Å²) in [4.78, 5) is 16.1. The van der Waals surface area contributed by atoms with Crippen molar-refractivity contribution in [1.29, 1.82) is 0 Å². The van der Waals surface area contributed by atoms with E-state index in [9.17, 15) is 9.18 Å². The molecule has 2 rings (SSSR count). The van der Waals surface area contributed by atoms with Gasteiger partial charge >= 0.3 is 0 Å². The van der Waals surface area contributed by atoms with Crippen molar-refractivity contribution in [3.63, 3.8) is 0 Å². The Kier molecular flexibility index (Phi) is 5.87. The van der Waals surface area contributed by atoms with Gasteiger partial charge in [0.15, 0.2) is 0 Å². The Morgan fingerprint density at radius 3 is 2.90 bits per heavy atom. The lowest BCUT2D eigenvalue weighted by Crippen LogP contribution is -2.25. The highest BCUT2D eigenvalue weighted by atomic mass is 79.9. The van der Waals surface area contributed by atoms with Gasteiger partial charge in [-0.3, -0.25) is 4.79 Å². The molecule has 1 N–H and O–H groups in total. The number of nitrogens with one attached hydrogen (secondary N) is 1. The number of thiazole rings is 1. The zero-order chi connectivity index (χ0) is 15.2. The Balaban J connectivity index is 1.72. The molecule has 0 aliphatic heterocycles. The summed E-state index contributed by atoms with van der Waals surface area (Å²) in [6, 6.07) is 4.89. The highest BCUT2D eigenvalue weighted by molar-refractivity contribution is 9.10. The van der Waals surface area contributed by atoms with Crippen LogP contribution in [0.2, 0.25) is 0 Å². The van der Waals surface area contributed by atoms with E-state index in [-0.39, 0.29) is 18.1 Å². The minimum Gasteiger partial charge on any atom is -0.356 e. The van der Waals surface area contributed by atoms with E-state index in [0.717, 1.165) is 17.1 Å². The van der Waals surface area contributed by atoms with Crippen LogP contribution in [0.4, 0.5) is 4.39 Å². The van der Waals surface area contributed by atoms with Gasteiger partial charge in [-0.15, -0.1) is 11.3 Å². The molecule has 0 fully saturated rings. The third kappa shape index (κ3) is 5.21. The quantitative estimate of drug-likeness (QED) is 0.843. The summed E-state index contributed by atoms with van der Waals surface area (Å²) in [5, 5.41) is 5.85. The molecule has 0 bridgehead atoms. The summed E-state index contributed by atoms with van der Waals surface area (Å²) in [6.07, 6.45) is 1.42. The molecule has 0 atom stereocenters. The van der Waals surface area contributed by atoms with Gasteiger partial charge in [0.2, 0.25) is 5.91 Å². The lowest BCUT2D eigenvalue weighted by Gasteiger charge is -2.05. The molecule has 112 valence electrons. The number of nitrogens with zero attached hydrogens (tertiary/aromatic N) is 1. The molecule has 21 heavy (non-hydrogen) atoms. The third-order valence-electron chi connectivity index (χ3n) is 2.96. The van der Waals surface area contributed by atoms with Crippen molar-refractivity contribution in [3.8, 4) is 0 Å². The molecule has 0 unspecified atom stereocenters. The second-order valence-electron chi connectivity index (χ2n) is 4.72.